The fraction of sp³-hybridized carbons (Fsp3) is 0.118. The molecule has 0 amide bonds. The fourth-order valence-electron chi connectivity index (χ4n) is 2.05. The van der Waals surface area contributed by atoms with Gasteiger partial charge in [0.25, 0.3) is 5.22 Å². The zero-order valence-electron chi connectivity index (χ0n) is 12.6. The number of halogens is 2. The second kappa shape index (κ2) is 7.51. The van der Waals surface area contributed by atoms with Crippen LogP contribution in [0.4, 0.5) is 0 Å². The highest BCUT2D eigenvalue weighted by molar-refractivity contribution is 9.10. The number of hydrogen-bond acceptors (Lipinski definition) is 5. The molecule has 24 heavy (non-hydrogen) atoms. The molecule has 1 aromatic heterocycles. The molecule has 0 saturated carbocycles. The maximum absolute atomic E-state index is 12.4. The van der Waals surface area contributed by atoms with Crippen molar-refractivity contribution in [2.24, 2.45) is 0 Å². The first-order valence-electron chi connectivity index (χ1n) is 7.09. The Labute approximate surface area is 156 Å². The largest absolute Gasteiger partial charge is 0.411 e. The SMILES string of the molecule is CC(Sc1nnc(-c2ccccc2Br)o1)C(=O)c1ccc(Cl)cc1. The number of thioether (sulfide) groups is 1. The van der Waals surface area contributed by atoms with Crippen LogP contribution in [-0.4, -0.2) is 21.2 Å². The van der Waals surface area contributed by atoms with Crippen LogP contribution in [0, 0.1) is 0 Å². The molecule has 0 aliphatic heterocycles. The zero-order valence-corrected chi connectivity index (χ0v) is 15.7. The average Bonchev–Trinajstić information content (AvgIpc) is 3.03. The molecule has 0 spiro atoms. The minimum atomic E-state index is -0.348. The molecule has 1 heterocycles. The quantitative estimate of drug-likeness (QED) is 0.400. The van der Waals surface area contributed by atoms with E-state index in [-0.39, 0.29) is 11.0 Å². The third-order valence-corrected chi connectivity index (χ3v) is 5.16. The number of rotatable bonds is 5. The lowest BCUT2D eigenvalue weighted by atomic mass is 10.1. The van der Waals surface area contributed by atoms with E-state index >= 15 is 0 Å². The fourth-order valence-corrected chi connectivity index (χ4v) is 3.40. The van der Waals surface area contributed by atoms with Gasteiger partial charge in [0, 0.05) is 15.1 Å². The van der Waals surface area contributed by atoms with Crippen molar-refractivity contribution in [3.05, 3.63) is 63.6 Å². The standard InChI is InChI=1S/C17H12BrClN2O2S/c1-10(15(22)11-6-8-12(19)9-7-11)24-17-21-20-16(23-17)13-4-2-3-5-14(13)18/h2-10H,1H3. The maximum atomic E-state index is 12.4. The van der Waals surface area contributed by atoms with Crippen molar-refractivity contribution in [1.82, 2.24) is 10.2 Å². The summed E-state index contributed by atoms with van der Waals surface area (Å²) in [4.78, 5) is 12.4. The molecule has 0 N–H and O–H groups in total. The van der Waals surface area contributed by atoms with Gasteiger partial charge in [0.05, 0.1) is 10.8 Å². The second-order valence-electron chi connectivity index (χ2n) is 4.98. The molecule has 1 unspecified atom stereocenters. The Balaban J connectivity index is 1.73. The van der Waals surface area contributed by atoms with E-state index in [1.807, 2.05) is 31.2 Å². The molecular formula is C17H12BrClN2O2S. The first-order chi connectivity index (χ1) is 11.5. The predicted molar refractivity (Wildman–Crippen MR) is 98.5 cm³/mol. The molecule has 1 atom stereocenters. The Kier molecular flexibility index (Phi) is 5.38. The molecule has 4 nitrogen and oxygen atoms in total. The number of hydrogen-bond donors (Lipinski definition) is 0. The number of nitrogens with zero attached hydrogens (tertiary/aromatic N) is 2. The van der Waals surface area contributed by atoms with Crippen molar-refractivity contribution >= 4 is 45.1 Å². The molecular weight excluding hydrogens is 412 g/mol. The van der Waals surface area contributed by atoms with Gasteiger partial charge in [0.15, 0.2) is 5.78 Å². The highest BCUT2D eigenvalue weighted by atomic mass is 79.9. The Bertz CT molecular complexity index is 867. The summed E-state index contributed by atoms with van der Waals surface area (Å²) in [6, 6.07) is 14.4. The Morgan fingerprint density at radius 3 is 2.58 bits per heavy atom. The van der Waals surface area contributed by atoms with E-state index in [2.05, 4.69) is 26.1 Å². The normalized spacial score (nSPS) is 12.1. The van der Waals surface area contributed by atoms with E-state index in [0.29, 0.717) is 21.7 Å². The highest BCUT2D eigenvalue weighted by Crippen LogP contribution is 2.31. The van der Waals surface area contributed by atoms with E-state index in [1.165, 1.54) is 11.8 Å². The van der Waals surface area contributed by atoms with Crippen LogP contribution in [0.5, 0.6) is 0 Å². The van der Waals surface area contributed by atoms with Crippen LogP contribution in [0.3, 0.4) is 0 Å². The van der Waals surface area contributed by atoms with E-state index in [0.717, 1.165) is 10.0 Å². The molecule has 2 aromatic carbocycles. The van der Waals surface area contributed by atoms with Crippen molar-refractivity contribution in [1.29, 1.82) is 0 Å². The molecule has 0 bridgehead atoms. The number of aromatic nitrogens is 2. The molecule has 0 saturated heterocycles. The first kappa shape index (κ1) is 17.2. The molecule has 0 fully saturated rings. The summed E-state index contributed by atoms with van der Waals surface area (Å²) in [5.41, 5.74) is 1.42. The minimum Gasteiger partial charge on any atom is -0.411 e. The third kappa shape index (κ3) is 3.88. The van der Waals surface area contributed by atoms with E-state index < -0.39 is 0 Å². The van der Waals surface area contributed by atoms with Gasteiger partial charge in [-0.3, -0.25) is 4.79 Å². The van der Waals surface area contributed by atoms with Gasteiger partial charge < -0.3 is 4.42 Å². The van der Waals surface area contributed by atoms with Crippen LogP contribution in [0.1, 0.15) is 17.3 Å². The van der Waals surface area contributed by atoms with Crippen molar-refractivity contribution in [2.45, 2.75) is 17.4 Å². The van der Waals surface area contributed by atoms with Gasteiger partial charge in [-0.1, -0.05) is 35.5 Å². The molecule has 7 heteroatoms. The summed E-state index contributed by atoms with van der Waals surface area (Å²) < 4.78 is 6.53. The topological polar surface area (TPSA) is 56.0 Å². The lowest BCUT2D eigenvalue weighted by Gasteiger charge is -2.07. The molecule has 3 aromatic rings. The second-order valence-corrected chi connectivity index (χ2v) is 7.57. The van der Waals surface area contributed by atoms with Gasteiger partial charge in [-0.05, 0) is 59.3 Å². The Morgan fingerprint density at radius 2 is 1.88 bits per heavy atom. The lowest BCUT2D eigenvalue weighted by molar-refractivity contribution is 0.0993. The smallest absolute Gasteiger partial charge is 0.277 e. The molecule has 3 rings (SSSR count). The van der Waals surface area contributed by atoms with Gasteiger partial charge in [-0.25, -0.2) is 0 Å². The van der Waals surface area contributed by atoms with Crippen LogP contribution < -0.4 is 0 Å². The first-order valence-corrected chi connectivity index (χ1v) is 9.14. The summed E-state index contributed by atoms with van der Waals surface area (Å²) in [5, 5.41) is 8.67. The lowest BCUT2D eigenvalue weighted by Crippen LogP contribution is -2.13. The van der Waals surface area contributed by atoms with Crippen molar-refractivity contribution in [3.63, 3.8) is 0 Å². The summed E-state index contributed by atoms with van der Waals surface area (Å²) in [6.07, 6.45) is 0. The minimum absolute atomic E-state index is 0.0164. The zero-order chi connectivity index (χ0) is 17.1. The highest BCUT2D eigenvalue weighted by Gasteiger charge is 2.20. The number of ketones is 1. The van der Waals surface area contributed by atoms with Gasteiger partial charge in [0.2, 0.25) is 5.89 Å². The maximum Gasteiger partial charge on any atom is 0.277 e. The van der Waals surface area contributed by atoms with Crippen LogP contribution >= 0.6 is 39.3 Å². The van der Waals surface area contributed by atoms with Crippen molar-refractivity contribution in [3.8, 4) is 11.5 Å². The van der Waals surface area contributed by atoms with Gasteiger partial charge in [-0.15, -0.1) is 10.2 Å². The van der Waals surface area contributed by atoms with Gasteiger partial charge in [0.1, 0.15) is 0 Å². The van der Waals surface area contributed by atoms with Crippen LogP contribution in [0.25, 0.3) is 11.5 Å². The number of carbonyl (C=O) groups is 1. The van der Waals surface area contributed by atoms with E-state index in [1.54, 1.807) is 24.3 Å². The number of benzene rings is 2. The molecule has 122 valence electrons. The summed E-state index contributed by atoms with van der Waals surface area (Å²) >= 11 is 10.5. The summed E-state index contributed by atoms with van der Waals surface area (Å²) in [7, 11) is 0. The third-order valence-electron chi connectivity index (χ3n) is 3.29. The van der Waals surface area contributed by atoms with Crippen LogP contribution in [-0.2, 0) is 0 Å². The predicted octanol–water partition coefficient (Wildman–Crippen LogP) is 5.52. The van der Waals surface area contributed by atoms with Gasteiger partial charge >= 0.3 is 0 Å². The Hall–Kier alpha value is -1.63. The van der Waals surface area contributed by atoms with Gasteiger partial charge in [-0.2, -0.15) is 0 Å². The van der Waals surface area contributed by atoms with Crippen LogP contribution in [0.2, 0.25) is 5.02 Å². The molecule has 0 aliphatic rings. The average molecular weight is 424 g/mol. The number of carbonyl (C=O) groups excluding carboxylic acids is 1. The Morgan fingerprint density at radius 1 is 1.17 bits per heavy atom. The van der Waals surface area contributed by atoms with Crippen LogP contribution in [0.15, 0.2) is 62.6 Å². The monoisotopic (exact) mass is 422 g/mol. The van der Waals surface area contributed by atoms with E-state index in [9.17, 15) is 4.79 Å². The van der Waals surface area contributed by atoms with E-state index in [4.69, 9.17) is 16.0 Å². The summed E-state index contributed by atoms with van der Waals surface area (Å²) in [6.45, 7) is 1.81. The molecule has 0 radical (unpaired) electrons. The summed E-state index contributed by atoms with van der Waals surface area (Å²) in [5.74, 6) is 0.397. The van der Waals surface area contributed by atoms with Crippen molar-refractivity contribution in [2.75, 3.05) is 0 Å². The number of Topliss-reactive ketones (excluding diaryl/α,β-unsaturated/α-hetero) is 1. The molecule has 0 aliphatic carbocycles. The van der Waals surface area contributed by atoms with Crippen molar-refractivity contribution < 1.29 is 9.21 Å².